The molecule has 0 saturated carbocycles. The predicted octanol–water partition coefficient (Wildman–Crippen LogP) is 5.02. The highest BCUT2D eigenvalue weighted by Crippen LogP contribution is 2.29. The largest absolute Gasteiger partial charge is 0.467 e. The van der Waals surface area contributed by atoms with E-state index in [4.69, 9.17) is 4.42 Å². The minimum Gasteiger partial charge on any atom is -0.467 e. The second kappa shape index (κ2) is 9.05. The number of hydrogen-bond acceptors (Lipinski definition) is 3. The van der Waals surface area contributed by atoms with Crippen molar-refractivity contribution in [2.75, 3.05) is 20.1 Å². The van der Waals surface area contributed by atoms with E-state index in [1.807, 2.05) is 47.4 Å². The molecule has 0 radical (unpaired) electrons. The number of carbonyl (C=O) groups excluding carboxylic acids is 1. The van der Waals surface area contributed by atoms with Gasteiger partial charge in [0.1, 0.15) is 12.3 Å². The van der Waals surface area contributed by atoms with E-state index in [1.54, 1.807) is 6.26 Å². The second-order valence-electron chi connectivity index (χ2n) is 8.68. The minimum absolute atomic E-state index is 0.134. The molecule has 2 aromatic heterocycles. The molecular weight excluding hydrogens is 398 g/mol. The highest BCUT2D eigenvalue weighted by Gasteiger charge is 2.28. The topological polar surface area (TPSA) is 41.6 Å². The summed E-state index contributed by atoms with van der Waals surface area (Å²) in [5, 5.41) is 1.15. The summed E-state index contributed by atoms with van der Waals surface area (Å²) in [5.41, 5.74) is 3.27. The number of aromatic nitrogens is 1. The summed E-state index contributed by atoms with van der Waals surface area (Å²) in [5.74, 6) is 0.965. The molecule has 2 aromatic carbocycles. The van der Waals surface area contributed by atoms with Crippen molar-refractivity contribution in [1.29, 1.82) is 0 Å². The summed E-state index contributed by atoms with van der Waals surface area (Å²) < 4.78 is 7.78. The molecule has 0 spiro atoms. The van der Waals surface area contributed by atoms with Gasteiger partial charge in [0.05, 0.1) is 12.8 Å². The van der Waals surface area contributed by atoms with Gasteiger partial charge >= 0.3 is 0 Å². The Bertz CT molecular complexity index is 1170. The molecule has 5 nitrogen and oxygen atoms in total. The molecule has 0 unspecified atom stereocenters. The van der Waals surface area contributed by atoms with Gasteiger partial charge in [0.25, 0.3) is 0 Å². The molecule has 5 rings (SSSR count). The van der Waals surface area contributed by atoms with Crippen LogP contribution in [0.1, 0.15) is 18.6 Å². The summed E-state index contributed by atoms with van der Waals surface area (Å²) in [6.07, 6.45) is 3.65. The lowest BCUT2D eigenvalue weighted by Crippen LogP contribution is -2.47. The van der Waals surface area contributed by atoms with Crippen LogP contribution in [0.2, 0.25) is 0 Å². The van der Waals surface area contributed by atoms with Gasteiger partial charge in [-0.1, -0.05) is 48.5 Å². The van der Waals surface area contributed by atoms with Crippen LogP contribution in [0, 0.1) is 0 Å². The Labute approximate surface area is 188 Å². The van der Waals surface area contributed by atoms with Crippen LogP contribution in [-0.4, -0.2) is 46.5 Å². The maximum atomic E-state index is 13.8. The molecular formula is C27H29N3O2. The fourth-order valence-corrected chi connectivity index (χ4v) is 4.75. The average molecular weight is 428 g/mol. The zero-order chi connectivity index (χ0) is 21.9. The smallest absolute Gasteiger partial charge is 0.243 e. The van der Waals surface area contributed by atoms with Gasteiger partial charge in [-0.05, 0) is 62.8 Å². The molecule has 1 aliphatic rings. The van der Waals surface area contributed by atoms with Crippen molar-refractivity contribution in [2.24, 2.45) is 0 Å². The monoisotopic (exact) mass is 427 g/mol. The van der Waals surface area contributed by atoms with Gasteiger partial charge in [-0.25, -0.2) is 0 Å². The predicted molar refractivity (Wildman–Crippen MR) is 127 cm³/mol. The molecule has 0 bridgehead atoms. The number of rotatable bonds is 6. The number of fused-ring (bicyclic) bond motifs is 1. The summed E-state index contributed by atoms with van der Waals surface area (Å²) in [6, 6.07) is 24.9. The Morgan fingerprint density at radius 1 is 1.00 bits per heavy atom. The molecule has 0 aliphatic carbocycles. The molecule has 164 valence electrons. The third-order valence-electron chi connectivity index (χ3n) is 6.53. The number of para-hydroxylation sites is 1. The van der Waals surface area contributed by atoms with Crippen LogP contribution >= 0.6 is 0 Å². The van der Waals surface area contributed by atoms with Crippen LogP contribution in [0.5, 0.6) is 0 Å². The summed E-state index contributed by atoms with van der Waals surface area (Å²) in [4.78, 5) is 18.2. The Kier molecular flexibility index (Phi) is 5.82. The van der Waals surface area contributed by atoms with E-state index in [1.165, 1.54) is 0 Å². The molecule has 1 fully saturated rings. The van der Waals surface area contributed by atoms with Crippen LogP contribution in [0.3, 0.4) is 0 Å². The van der Waals surface area contributed by atoms with Gasteiger partial charge in [-0.2, -0.15) is 0 Å². The quantitative estimate of drug-likeness (QED) is 0.434. The number of piperidine rings is 1. The lowest BCUT2D eigenvalue weighted by molar-refractivity contribution is -0.136. The number of carbonyl (C=O) groups is 1. The van der Waals surface area contributed by atoms with Gasteiger partial charge in [-0.15, -0.1) is 0 Å². The first-order valence-electron chi connectivity index (χ1n) is 11.3. The first-order valence-corrected chi connectivity index (χ1v) is 11.3. The number of nitrogens with zero attached hydrogens (tertiary/aromatic N) is 3. The van der Waals surface area contributed by atoms with Crippen molar-refractivity contribution in [3.8, 4) is 11.3 Å². The van der Waals surface area contributed by atoms with Gasteiger partial charge in [-0.3, -0.25) is 4.79 Å². The first kappa shape index (κ1) is 20.6. The molecule has 1 saturated heterocycles. The van der Waals surface area contributed by atoms with Crippen molar-refractivity contribution >= 4 is 16.8 Å². The third-order valence-corrected chi connectivity index (χ3v) is 6.53. The molecule has 1 amide bonds. The summed E-state index contributed by atoms with van der Waals surface area (Å²) in [6.45, 7) is 2.84. The van der Waals surface area contributed by atoms with Gasteiger partial charge in [0.2, 0.25) is 5.91 Å². The van der Waals surface area contributed by atoms with E-state index in [0.717, 1.165) is 53.9 Å². The first-order chi connectivity index (χ1) is 15.7. The van der Waals surface area contributed by atoms with Crippen LogP contribution in [0.4, 0.5) is 0 Å². The molecule has 0 atom stereocenters. The Balaban J connectivity index is 1.49. The van der Waals surface area contributed by atoms with Crippen molar-refractivity contribution in [3.63, 3.8) is 0 Å². The van der Waals surface area contributed by atoms with Crippen LogP contribution in [0.15, 0.2) is 83.5 Å². The van der Waals surface area contributed by atoms with E-state index in [-0.39, 0.29) is 11.9 Å². The zero-order valence-electron chi connectivity index (χ0n) is 18.5. The van der Waals surface area contributed by atoms with Crippen LogP contribution in [0.25, 0.3) is 22.2 Å². The van der Waals surface area contributed by atoms with Crippen LogP contribution < -0.4 is 0 Å². The number of furan rings is 1. The highest BCUT2D eigenvalue weighted by molar-refractivity contribution is 5.89. The summed E-state index contributed by atoms with van der Waals surface area (Å²) in [7, 11) is 2.15. The van der Waals surface area contributed by atoms with Crippen molar-refractivity contribution in [2.45, 2.75) is 32.0 Å². The van der Waals surface area contributed by atoms with E-state index in [0.29, 0.717) is 13.1 Å². The Hall–Kier alpha value is -3.31. The molecule has 0 N–H and O–H groups in total. The maximum Gasteiger partial charge on any atom is 0.243 e. The van der Waals surface area contributed by atoms with Crippen LogP contribution in [-0.2, 0) is 17.9 Å². The van der Waals surface area contributed by atoms with Gasteiger partial charge in [0.15, 0.2) is 0 Å². The van der Waals surface area contributed by atoms with E-state index < -0.39 is 0 Å². The highest BCUT2D eigenvalue weighted by atomic mass is 16.3. The lowest BCUT2D eigenvalue weighted by Gasteiger charge is -2.37. The second-order valence-corrected chi connectivity index (χ2v) is 8.68. The normalized spacial score (nSPS) is 15.3. The molecule has 4 aromatic rings. The van der Waals surface area contributed by atoms with E-state index >= 15 is 0 Å². The number of amides is 1. The van der Waals surface area contributed by atoms with Crippen molar-refractivity contribution in [3.05, 3.63) is 84.8 Å². The molecule has 3 heterocycles. The lowest BCUT2D eigenvalue weighted by atomic mass is 10.0. The van der Waals surface area contributed by atoms with E-state index in [2.05, 4.69) is 46.8 Å². The SMILES string of the molecule is CN1CCC(N(Cc2ccco2)C(=O)Cn2c(-c3ccccc3)cc3ccccc32)CC1. The number of likely N-dealkylation sites (tertiary alicyclic amines) is 1. The number of benzene rings is 2. The van der Waals surface area contributed by atoms with Crippen molar-refractivity contribution in [1.82, 2.24) is 14.4 Å². The van der Waals surface area contributed by atoms with Crippen molar-refractivity contribution < 1.29 is 9.21 Å². The molecule has 1 aliphatic heterocycles. The fourth-order valence-electron chi connectivity index (χ4n) is 4.75. The van der Waals surface area contributed by atoms with Gasteiger partial charge < -0.3 is 18.8 Å². The third kappa shape index (κ3) is 4.21. The fraction of sp³-hybridized carbons (Fsp3) is 0.296. The average Bonchev–Trinajstić information content (AvgIpc) is 3.47. The standard InChI is InChI=1S/C27H29N3O2/c1-28-15-13-23(14-16-28)29(19-24-11-7-17-32-24)27(31)20-30-25-12-6-5-10-22(25)18-26(30)21-8-3-2-4-9-21/h2-12,17-18,23H,13-16,19-20H2,1H3. The summed E-state index contributed by atoms with van der Waals surface area (Å²) >= 11 is 0. The Morgan fingerprint density at radius 3 is 2.50 bits per heavy atom. The van der Waals surface area contributed by atoms with Gasteiger partial charge in [0, 0.05) is 22.6 Å². The minimum atomic E-state index is 0.134. The molecule has 5 heteroatoms. The molecule has 32 heavy (non-hydrogen) atoms. The maximum absolute atomic E-state index is 13.8. The number of hydrogen-bond donors (Lipinski definition) is 0. The Morgan fingerprint density at radius 2 is 1.75 bits per heavy atom. The zero-order valence-corrected chi connectivity index (χ0v) is 18.5. The van der Waals surface area contributed by atoms with E-state index in [9.17, 15) is 4.79 Å².